The van der Waals surface area contributed by atoms with Crippen LogP contribution in [-0.4, -0.2) is 37.1 Å². The number of hydrogen-bond acceptors (Lipinski definition) is 5. The van der Waals surface area contributed by atoms with Crippen LogP contribution in [0.15, 0.2) is 42.7 Å². The van der Waals surface area contributed by atoms with E-state index in [0.29, 0.717) is 30.4 Å². The van der Waals surface area contributed by atoms with Gasteiger partial charge in [-0.25, -0.2) is 4.98 Å². The number of nitrogens with two attached hydrogens (primary N) is 1. The maximum atomic E-state index is 13.3. The third kappa shape index (κ3) is 3.16. The number of amides is 1. The fourth-order valence-electron chi connectivity index (χ4n) is 3.98. The van der Waals surface area contributed by atoms with Gasteiger partial charge in [-0.05, 0) is 55.5 Å². The molecule has 3 aromatic heterocycles. The lowest BCUT2D eigenvalue weighted by molar-refractivity contribution is 0.0751. The van der Waals surface area contributed by atoms with Gasteiger partial charge in [0.1, 0.15) is 5.82 Å². The van der Waals surface area contributed by atoms with Gasteiger partial charge in [-0.3, -0.25) is 14.5 Å². The molecule has 1 saturated carbocycles. The Bertz CT molecular complexity index is 1260. The second-order valence-corrected chi connectivity index (χ2v) is 7.94. The lowest BCUT2D eigenvalue weighted by Crippen LogP contribution is -2.30. The predicted octanol–water partition coefficient (Wildman–Crippen LogP) is 3.64. The molecule has 152 valence electrons. The second-order valence-electron chi connectivity index (χ2n) is 7.94. The molecule has 5 rings (SSSR count). The average Bonchev–Trinajstić information content (AvgIpc) is 3.54. The van der Waals surface area contributed by atoms with Crippen molar-refractivity contribution in [3.05, 3.63) is 59.5 Å². The van der Waals surface area contributed by atoms with Gasteiger partial charge in [-0.2, -0.15) is 5.10 Å². The van der Waals surface area contributed by atoms with Crippen LogP contribution in [0.4, 0.5) is 5.82 Å². The molecule has 30 heavy (non-hydrogen) atoms. The van der Waals surface area contributed by atoms with E-state index in [4.69, 9.17) is 5.73 Å². The van der Waals surface area contributed by atoms with Gasteiger partial charge in [0.2, 0.25) is 0 Å². The molecule has 7 heteroatoms. The van der Waals surface area contributed by atoms with Crippen LogP contribution in [0.3, 0.4) is 0 Å². The fourth-order valence-corrected chi connectivity index (χ4v) is 3.98. The van der Waals surface area contributed by atoms with Crippen LogP contribution < -0.4 is 5.73 Å². The third-order valence-corrected chi connectivity index (χ3v) is 5.87. The summed E-state index contributed by atoms with van der Waals surface area (Å²) >= 11 is 0. The molecular formula is C23H24N6O. The summed E-state index contributed by atoms with van der Waals surface area (Å²) < 4.78 is 1.77. The van der Waals surface area contributed by atoms with Gasteiger partial charge in [-0.1, -0.05) is 6.07 Å². The Morgan fingerprint density at radius 1 is 1.20 bits per heavy atom. The zero-order chi connectivity index (χ0) is 20.8. The number of anilines is 1. The molecule has 1 fully saturated rings. The molecule has 0 atom stereocenters. The SMILES string of the molecule is CCN(Cc1ccc(C2CC2)cn1)C(=O)c1ccc2nc(N)c3cnn(C)c3c2c1. The van der Waals surface area contributed by atoms with E-state index < -0.39 is 0 Å². The molecule has 4 aromatic rings. The van der Waals surface area contributed by atoms with Crippen LogP contribution in [0.1, 0.15) is 47.3 Å². The summed E-state index contributed by atoms with van der Waals surface area (Å²) in [5.74, 6) is 1.10. The highest BCUT2D eigenvalue weighted by molar-refractivity contribution is 6.10. The average molecular weight is 400 g/mol. The highest BCUT2D eigenvalue weighted by atomic mass is 16.2. The molecule has 3 heterocycles. The Kier molecular flexibility index (Phi) is 4.38. The van der Waals surface area contributed by atoms with Crippen molar-refractivity contribution in [2.75, 3.05) is 12.3 Å². The lowest BCUT2D eigenvalue weighted by atomic mass is 10.1. The van der Waals surface area contributed by atoms with Crippen LogP contribution in [0.2, 0.25) is 0 Å². The Morgan fingerprint density at radius 2 is 2.03 bits per heavy atom. The van der Waals surface area contributed by atoms with Crippen molar-refractivity contribution >= 4 is 33.5 Å². The first-order chi connectivity index (χ1) is 14.5. The van der Waals surface area contributed by atoms with E-state index in [2.05, 4.69) is 21.1 Å². The van der Waals surface area contributed by atoms with Crippen molar-refractivity contribution < 1.29 is 4.79 Å². The highest BCUT2D eigenvalue weighted by Crippen LogP contribution is 2.39. The number of pyridine rings is 2. The summed E-state index contributed by atoms with van der Waals surface area (Å²) in [6.45, 7) is 3.07. The predicted molar refractivity (Wildman–Crippen MR) is 117 cm³/mol. The summed E-state index contributed by atoms with van der Waals surface area (Å²) in [6.07, 6.45) is 6.18. The summed E-state index contributed by atoms with van der Waals surface area (Å²) in [4.78, 5) is 24.1. The topological polar surface area (TPSA) is 89.9 Å². The Hall–Kier alpha value is -3.48. The molecule has 1 aliphatic rings. The van der Waals surface area contributed by atoms with Gasteiger partial charge >= 0.3 is 0 Å². The number of aryl methyl sites for hydroxylation is 1. The molecule has 0 unspecified atom stereocenters. The number of carbonyl (C=O) groups excluding carboxylic acids is 1. The van der Waals surface area contributed by atoms with E-state index >= 15 is 0 Å². The molecule has 0 aliphatic heterocycles. The molecule has 0 saturated heterocycles. The van der Waals surface area contributed by atoms with Crippen LogP contribution in [-0.2, 0) is 13.6 Å². The normalized spacial score (nSPS) is 13.8. The van der Waals surface area contributed by atoms with Crippen molar-refractivity contribution in [2.24, 2.45) is 7.05 Å². The van der Waals surface area contributed by atoms with Gasteiger partial charge in [-0.15, -0.1) is 0 Å². The van der Waals surface area contributed by atoms with Gasteiger partial charge in [0.05, 0.1) is 34.9 Å². The lowest BCUT2D eigenvalue weighted by Gasteiger charge is -2.21. The number of fused-ring (bicyclic) bond motifs is 3. The van der Waals surface area contributed by atoms with E-state index in [1.54, 1.807) is 10.9 Å². The maximum Gasteiger partial charge on any atom is 0.254 e. The van der Waals surface area contributed by atoms with Crippen molar-refractivity contribution in [3.8, 4) is 0 Å². The zero-order valence-corrected chi connectivity index (χ0v) is 17.2. The Balaban J connectivity index is 1.46. The zero-order valence-electron chi connectivity index (χ0n) is 17.2. The quantitative estimate of drug-likeness (QED) is 0.552. The molecule has 0 bridgehead atoms. The first-order valence-electron chi connectivity index (χ1n) is 10.3. The van der Waals surface area contributed by atoms with Crippen LogP contribution in [0, 0.1) is 0 Å². The molecule has 1 aliphatic carbocycles. The number of nitrogens with zero attached hydrogens (tertiary/aromatic N) is 5. The summed E-state index contributed by atoms with van der Waals surface area (Å²) in [5.41, 5.74) is 10.5. The molecule has 0 radical (unpaired) electrons. The summed E-state index contributed by atoms with van der Waals surface area (Å²) in [6, 6.07) is 9.73. The highest BCUT2D eigenvalue weighted by Gasteiger charge is 2.24. The minimum Gasteiger partial charge on any atom is -0.383 e. The number of rotatable bonds is 5. The second kappa shape index (κ2) is 7.09. The first-order valence-corrected chi connectivity index (χ1v) is 10.3. The number of aromatic nitrogens is 4. The van der Waals surface area contributed by atoms with E-state index in [9.17, 15) is 4.79 Å². The standard InChI is InChI=1S/C23H24N6O/c1-3-29(13-17-8-6-16(11-25-17)14-4-5-14)23(30)15-7-9-20-18(10-15)21-19(22(24)27-20)12-26-28(21)2/h6-12,14H,3-5,13H2,1-2H3,(H2,24,27). The molecule has 1 amide bonds. The van der Waals surface area contributed by atoms with Crippen LogP contribution >= 0.6 is 0 Å². The number of benzene rings is 1. The summed E-state index contributed by atoms with van der Waals surface area (Å²) in [7, 11) is 1.87. The van der Waals surface area contributed by atoms with E-state index in [0.717, 1.165) is 27.5 Å². The minimum atomic E-state index is -0.0281. The Morgan fingerprint density at radius 3 is 2.73 bits per heavy atom. The molecular weight excluding hydrogens is 376 g/mol. The van der Waals surface area contributed by atoms with Crippen LogP contribution in [0.25, 0.3) is 21.8 Å². The van der Waals surface area contributed by atoms with Crippen molar-refractivity contribution in [2.45, 2.75) is 32.2 Å². The third-order valence-electron chi connectivity index (χ3n) is 5.87. The molecule has 2 N–H and O–H groups in total. The molecule has 7 nitrogen and oxygen atoms in total. The number of nitrogen functional groups attached to an aromatic ring is 1. The van der Waals surface area contributed by atoms with Crippen molar-refractivity contribution in [1.29, 1.82) is 0 Å². The smallest absolute Gasteiger partial charge is 0.254 e. The maximum absolute atomic E-state index is 13.3. The van der Waals surface area contributed by atoms with E-state index in [1.807, 2.05) is 49.3 Å². The van der Waals surface area contributed by atoms with Gasteiger partial charge < -0.3 is 10.6 Å². The van der Waals surface area contributed by atoms with E-state index in [-0.39, 0.29) is 5.91 Å². The minimum absolute atomic E-state index is 0.0281. The molecule has 1 aromatic carbocycles. The number of hydrogen-bond donors (Lipinski definition) is 1. The van der Waals surface area contributed by atoms with Crippen molar-refractivity contribution in [1.82, 2.24) is 24.6 Å². The van der Waals surface area contributed by atoms with Crippen LogP contribution in [0.5, 0.6) is 0 Å². The largest absolute Gasteiger partial charge is 0.383 e. The first kappa shape index (κ1) is 18.5. The summed E-state index contributed by atoms with van der Waals surface area (Å²) in [5, 5.41) is 5.97. The van der Waals surface area contributed by atoms with Gasteiger partial charge in [0, 0.05) is 30.7 Å². The van der Waals surface area contributed by atoms with Gasteiger partial charge in [0.15, 0.2) is 0 Å². The Labute approximate surface area is 174 Å². The number of carbonyl (C=O) groups is 1. The fraction of sp³-hybridized carbons (Fsp3) is 0.304. The monoisotopic (exact) mass is 400 g/mol. The van der Waals surface area contributed by atoms with Crippen molar-refractivity contribution in [3.63, 3.8) is 0 Å². The van der Waals surface area contributed by atoms with Gasteiger partial charge in [0.25, 0.3) is 5.91 Å². The molecule has 0 spiro atoms. The van der Waals surface area contributed by atoms with E-state index in [1.165, 1.54) is 18.4 Å².